The molecule has 20 heavy (non-hydrogen) atoms. The van der Waals surface area contributed by atoms with E-state index in [0.29, 0.717) is 31.9 Å². The molecule has 7 heteroatoms. The summed E-state index contributed by atoms with van der Waals surface area (Å²) in [4.78, 5) is 14.6. The van der Waals surface area contributed by atoms with E-state index in [9.17, 15) is 4.79 Å². The van der Waals surface area contributed by atoms with Crippen LogP contribution in [0, 0.1) is 5.41 Å². The normalized spacial score (nSPS) is 12.4. The highest BCUT2D eigenvalue weighted by Gasteiger charge is 2.10. The highest BCUT2D eigenvalue weighted by atomic mass is 16.5. The van der Waals surface area contributed by atoms with Crippen molar-refractivity contribution in [2.45, 2.75) is 45.2 Å². The number of carboxylic acids is 1. The Morgan fingerprint density at radius 2 is 2.25 bits per heavy atom. The van der Waals surface area contributed by atoms with Crippen LogP contribution in [0.2, 0.25) is 0 Å². The molecule has 1 atom stereocenters. The molecular weight excluding hydrogens is 260 g/mol. The number of carboxylic acid groups (broad SMARTS) is 1. The number of nitrogens with zero attached hydrogens (tertiary/aromatic N) is 2. The fourth-order valence-corrected chi connectivity index (χ4v) is 1.67. The predicted octanol–water partition coefficient (Wildman–Crippen LogP) is 0.904. The molecule has 0 aromatic carbocycles. The van der Waals surface area contributed by atoms with Crippen molar-refractivity contribution in [3.8, 4) is 6.01 Å². The molecule has 1 heterocycles. The van der Waals surface area contributed by atoms with Gasteiger partial charge in [0, 0.05) is 12.2 Å². The molecule has 1 unspecified atom stereocenters. The Bertz CT molecular complexity index is 499. The zero-order valence-electron chi connectivity index (χ0n) is 11.9. The molecule has 0 radical (unpaired) electrons. The molecule has 4 N–H and O–H groups in total. The lowest BCUT2D eigenvalue weighted by molar-refractivity contribution is -0.138. The van der Waals surface area contributed by atoms with Gasteiger partial charge in [-0.2, -0.15) is 4.98 Å². The van der Waals surface area contributed by atoms with Gasteiger partial charge in [-0.15, -0.1) is 0 Å². The maximum Gasteiger partial charge on any atom is 0.320 e. The van der Waals surface area contributed by atoms with Crippen LogP contribution in [-0.4, -0.2) is 33.3 Å². The van der Waals surface area contributed by atoms with Gasteiger partial charge in [0.2, 0.25) is 0 Å². The van der Waals surface area contributed by atoms with Crippen molar-refractivity contribution in [1.82, 2.24) is 9.55 Å². The Kier molecular flexibility index (Phi) is 6.17. The highest BCUT2D eigenvalue weighted by Crippen LogP contribution is 2.12. The van der Waals surface area contributed by atoms with Gasteiger partial charge >= 0.3 is 5.97 Å². The number of rotatable bonds is 8. The average molecular weight is 282 g/mol. The van der Waals surface area contributed by atoms with Gasteiger partial charge in [0.25, 0.3) is 6.01 Å². The third kappa shape index (κ3) is 5.00. The molecule has 0 aliphatic carbocycles. The average Bonchev–Trinajstić information content (AvgIpc) is 2.37. The van der Waals surface area contributed by atoms with E-state index in [1.54, 1.807) is 12.3 Å². The third-order valence-corrected chi connectivity index (χ3v) is 2.84. The molecule has 0 fully saturated rings. The standard InChI is InChI=1S/C13H22N4O3/c1-9(2)17-7-6-11(15)16-13(17)20-8-4-3-5-10(14)12(18)19/h6-7,9-10,15H,3-5,8,14H2,1-2H3,(H,18,19). The second kappa shape index (κ2) is 7.64. The van der Waals surface area contributed by atoms with Gasteiger partial charge in [-0.05, 0) is 39.2 Å². The van der Waals surface area contributed by atoms with E-state index in [4.69, 9.17) is 21.0 Å². The van der Waals surface area contributed by atoms with Gasteiger partial charge < -0.3 is 20.1 Å². The van der Waals surface area contributed by atoms with E-state index < -0.39 is 12.0 Å². The first-order valence-electron chi connectivity index (χ1n) is 6.66. The van der Waals surface area contributed by atoms with Crippen molar-refractivity contribution >= 4 is 5.97 Å². The van der Waals surface area contributed by atoms with Crippen LogP contribution in [0.4, 0.5) is 0 Å². The Morgan fingerprint density at radius 3 is 2.85 bits per heavy atom. The molecule has 0 aliphatic heterocycles. The van der Waals surface area contributed by atoms with Crippen LogP contribution in [0.1, 0.15) is 39.2 Å². The van der Waals surface area contributed by atoms with Crippen molar-refractivity contribution in [3.63, 3.8) is 0 Å². The number of aromatic nitrogens is 2. The number of ether oxygens (including phenoxy) is 1. The summed E-state index contributed by atoms with van der Waals surface area (Å²) in [5.41, 5.74) is 5.57. The lowest BCUT2D eigenvalue weighted by Gasteiger charge is -2.16. The first-order valence-corrected chi connectivity index (χ1v) is 6.66. The number of carbonyl (C=O) groups is 1. The molecule has 0 saturated heterocycles. The maximum atomic E-state index is 10.6. The molecule has 112 valence electrons. The highest BCUT2D eigenvalue weighted by molar-refractivity contribution is 5.72. The summed E-state index contributed by atoms with van der Waals surface area (Å²) in [5, 5.41) is 16.2. The van der Waals surface area contributed by atoms with Crippen LogP contribution in [0.5, 0.6) is 6.01 Å². The maximum absolute atomic E-state index is 10.6. The SMILES string of the molecule is CC(C)n1ccc(=N)nc1OCCCCC(N)C(=O)O. The number of nitrogens with one attached hydrogen (secondary N) is 1. The van der Waals surface area contributed by atoms with Crippen molar-refractivity contribution in [3.05, 3.63) is 17.8 Å². The van der Waals surface area contributed by atoms with Crippen molar-refractivity contribution in [2.75, 3.05) is 6.61 Å². The van der Waals surface area contributed by atoms with E-state index in [-0.39, 0.29) is 11.5 Å². The van der Waals surface area contributed by atoms with Crippen LogP contribution in [0.15, 0.2) is 12.3 Å². The van der Waals surface area contributed by atoms with Crippen LogP contribution in [0.3, 0.4) is 0 Å². The predicted molar refractivity (Wildman–Crippen MR) is 73.4 cm³/mol. The van der Waals surface area contributed by atoms with Crippen LogP contribution >= 0.6 is 0 Å². The first-order chi connectivity index (χ1) is 9.41. The number of aliphatic carboxylic acids is 1. The van der Waals surface area contributed by atoms with E-state index in [2.05, 4.69) is 4.98 Å². The molecular formula is C13H22N4O3. The third-order valence-electron chi connectivity index (χ3n) is 2.84. The number of unbranched alkanes of at least 4 members (excludes halogenated alkanes) is 1. The minimum absolute atomic E-state index is 0.157. The Balaban J connectivity index is 2.44. The summed E-state index contributed by atoms with van der Waals surface area (Å²) >= 11 is 0. The molecule has 0 amide bonds. The number of nitrogens with two attached hydrogens (primary N) is 1. The van der Waals surface area contributed by atoms with E-state index >= 15 is 0 Å². The molecule has 0 bridgehead atoms. The van der Waals surface area contributed by atoms with Gasteiger partial charge in [0.15, 0.2) is 5.49 Å². The van der Waals surface area contributed by atoms with Crippen molar-refractivity contribution < 1.29 is 14.6 Å². The largest absolute Gasteiger partial charge is 0.480 e. The fraction of sp³-hybridized carbons (Fsp3) is 0.615. The molecule has 1 aromatic heterocycles. The van der Waals surface area contributed by atoms with E-state index in [0.717, 1.165) is 0 Å². The van der Waals surface area contributed by atoms with Gasteiger partial charge in [0.05, 0.1) is 6.61 Å². The van der Waals surface area contributed by atoms with Gasteiger partial charge in [-0.1, -0.05) is 0 Å². The van der Waals surface area contributed by atoms with Crippen LogP contribution in [-0.2, 0) is 4.79 Å². The molecule has 0 aliphatic rings. The lowest BCUT2D eigenvalue weighted by Crippen LogP contribution is -2.29. The van der Waals surface area contributed by atoms with E-state index in [1.165, 1.54) is 0 Å². The smallest absolute Gasteiger partial charge is 0.320 e. The molecule has 1 aromatic rings. The molecule has 0 spiro atoms. The Morgan fingerprint density at radius 1 is 1.55 bits per heavy atom. The second-order valence-corrected chi connectivity index (χ2v) is 4.89. The number of hydrogen-bond acceptors (Lipinski definition) is 5. The van der Waals surface area contributed by atoms with Gasteiger partial charge in [-0.25, -0.2) is 0 Å². The lowest BCUT2D eigenvalue weighted by atomic mass is 10.1. The fourth-order valence-electron chi connectivity index (χ4n) is 1.67. The van der Waals surface area contributed by atoms with Gasteiger partial charge in [-0.3, -0.25) is 10.2 Å². The van der Waals surface area contributed by atoms with Gasteiger partial charge in [0.1, 0.15) is 6.04 Å². The summed E-state index contributed by atoms with van der Waals surface area (Å²) in [5.74, 6) is -0.979. The zero-order chi connectivity index (χ0) is 15.1. The van der Waals surface area contributed by atoms with Crippen LogP contribution in [0.25, 0.3) is 0 Å². The van der Waals surface area contributed by atoms with Crippen molar-refractivity contribution in [1.29, 1.82) is 5.41 Å². The Hall–Kier alpha value is -1.89. The second-order valence-electron chi connectivity index (χ2n) is 4.89. The summed E-state index contributed by atoms with van der Waals surface area (Å²) in [7, 11) is 0. The molecule has 7 nitrogen and oxygen atoms in total. The summed E-state index contributed by atoms with van der Waals surface area (Å²) in [6.45, 7) is 4.43. The topological polar surface area (TPSA) is 114 Å². The van der Waals surface area contributed by atoms with E-state index in [1.807, 2.05) is 18.4 Å². The summed E-state index contributed by atoms with van der Waals surface area (Å²) in [6.07, 6.45) is 3.57. The zero-order valence-corrected chi connectivity index (χ0v) is 11.9. The monoisotopic (exact) mass is 282 g/mol. The first kappa shape index (κ1) is 16.2. The molecule has 0 saturated carbocycles. The Labute approximate surface area is 117 Å². The van der Waals surface area contributed by atoms with Crippen LogP contribution < -0.4 is 16.0 Å². The minimum atomic E-state index is -0.979. The molecule has 1 rings (SSSR count). The summed E-state index contributed by atoms with van der Waals surface area (Å²) in [6, 6.07) is 1.40. The quantitative estimate of drug-likeness (QED) is 0.613. The number of hydrogen-bond donors (Lipinski definition) is 3. The van der Waals surface area contributed by atoms with Crippen molar-refractivity contribution in [2.24, 2.45) is 5.73 Å². The summed E-state index contributed by atoms with van der Waals surface area (Å²) < 4.78 is 7.41. The minimum Gasteiger partial charge on any atom is -0.480 e.